The van der Waals surface area contributed by atoms with Crippen molar-refractivity contribution in [2.75, 3.05) is 29.6 Å². The first-order chi connectivity index (χ1) is 13.6. The molecule has 1 aliphatic carbocycles. The molecule has 150 valence electrons. The van der Waals surface area contributed by atoms with Crippen LogP contribution in [0.4, 0.5) is 15.6 Å². The van der Waals surface area contributed by atoms with Crippen LogP contribution in [0.15, 0.2) is 33.1 Å². The highest BCUT2D eigenvalue weighted by Crippen LogP contribution is 2.33. The molecule has 0 radical (unpaired) electrons. The maximum atomic E-state index is 13.1. The van der Waals surface area contributed by atoms with E-state index in [9.17, 15) is 9.59 Å². The minimum absolute atomic E-state index is 0.211. The van der Waals surface area contributed by atoms with E-state index in [0.29, 0.717) is 29.1 Å². The number of anilines is 2. The molecule has 2 aromatic rings. The SMILES string of the molecule is COc1cc(N(CC2CCCC2)C(=O)Nc2ncc(SCC=O)s2)ccc1Br. The number of nitrogens with zero attached hydrogens (tertiary/aromatic N) is 2. The fraction of sp³-hybridized carbons (Fsp3) is 0.421. The van der Waals surface area contributed by atoms with E-state index >= 15 is 0 Å². The van der Waals surface area contributed by atoms with Gasteiger partial charge in [0.05, 0.1) is 27.7 Å². The summed E-state index contributed by atoms with van der Waals surface area (Å²) in [7, 11) is 1.61. The lowest BCUT2D eigenvalue weighted by atomic mass is 10.1. The maximum absolute atomic E-state index is 13.1. The van der Waals surface area contributed by atoms with Gasteiger partial charge in [-0.1, -0.05) is 24.2 Å². The van der Waals surface area contributed by atoms with Gasteiger partial charge >= 0.3 is 6.03 Å². The number of aldehydes is 1. The van der Waals surface area contributed by atoms with Crippen LogP contribution < -0.4 is 15.0 Å². The van der Waals surface area contributed by atoms with Gasteiger partial charge in [-0.15, -0.1) is 11.8 Å². The molecule has 1 fully saturated rings. The van der Waals surface area contributed by atoms with Gasteiger partial charge in [-0.25, -0.2) is 9.78 Å². The van der Waals surface area contributed by atoms with E-state index in [4.69, 9.17) is 4.74 Å². The van der Waals surface area contributed by atoms with Crippen LogP contribution in [-0.4, -0.2) is 36.7 Å². The number of ether oxygens (including phenoxy) is 1. The van der Waals surface area contributed by atoms with Crippen LogP contribution >= 0.6 is 39.0 Å². The Morgan fingerprint density at radius 1 is 1.46 bits per heavy atom. The van der Waals surface area contributed by atoms with Crippen molar-refractivity contribution in [3.63, 3.8) is 0 Å². The Bertz CT molecular complexity index is 825. The predicted molar refractivity (Wildman–Crippen MR) is 118 cm³/mol. The Morgan fingerprint density at radius 2 is 2.25 bits per heavy atom. The molecule has 9 heteroatoms. The van der Waals surface area contributed by atoms with E-state index in [2.05, 4.69) is 26.2 Å². The lowest BCUT2D eigenvalue weighted by molar-refractivity contribution is -0.105. The van der Waals surface area contributed by atoms with Gasteiger partial charge in [0.2, 0.25) is 0 Å². The average molecular weight is 484 g/mol. The van der Waals surface area contributed by atoms with Crippen molar-refractivity contribution in [2.24, 2.45) is 5.92 Å². The molecule has 1 aromatic carbocycles. The van der Waals surface area contributed by atoms with Crippen LogP contribution in [0.1, 0.15) is 25.7 Å². The summed E-state index contributed by atoms with van der Waals surface area (Å²) in [4.78, 5) is 29.6. The lowest BCUT2D eigenvalue weighted by Crippen LogP contribution is -2.38. The Morgan fingerprint density at radius 3 is 2.96 bits per heavy atom. The van der Waals surface area contributed by atoms with Crippen molar-refractivity contribution in [1.29, 1.82) is 0 Å². The molecular formula is C19H22BrN3O3S2. The van der Waals surface area contributed by atoms with Gasteiger partial charge in [-0.05, 0) is 46.8 Å². The number of nitrogens with one attached hydrogen (secondary N) is 1. The highest BCUT2D eigenvalue weighted by molar-refractivity contribution is 9.10. The van der Waals surface area contributed by atoms with Gasteiger partial charge in [0.25, 0.3) is 0 Å². The second kappa shape index (κ2) is 10.3. The van der Waals surface area contributed by atoms with Crippen molar-refractivity contribution in [3.05, 3.63) is 28.9 Å². The molecule has 6 nitrogen and oxygen atoms in total. The molecule has 0 saturated heterocycles. The molecule has 1 aromatic heterocycles. The molecule has 1 heterocycles. The molecule has 0 atom stereocenters. The van der Waals surface area contributed by atoms with Crippen molar-refractivity contribution in [2.45, 2.75) is 29.9 Å². The summed E-state index contributed by atoms with van der Waals surface area (Å²) < 4.78 is 7.14. The predicted octanol–water partition coefficient (Wildman–Crippen LogP) is 5.43. The van der Waals surface area contributed by atoms with Gasteiger partial charge < -0.3 is 9.53 Å². The van der Waals surface area contributed by atoms with Crippen LogP contribution in [0.3, 0.4) is 0 Å². The number of carbonyl (C=O) groups is 2. The number of urea groups is 1. The molecule has 0 unspecified atom stereocenters. The molecule has 2 amide bonds. The monoisotopic (exact) mass is 483 g/mol. The first-order valence-electron chi connectivity index (χ1n) is 9.05. The number of methoxy groups -OCH3 is 1. The fourth-order valence-electron chi connectivity index (χ4n) is 3.23. The normalized spacial score (nSPS) is 14.1. The van der Waals surface area contributed by atoms with Crippen LogP contribution in [0, 0.1) is 5.92 Å². The average Bonchev–Trinajstić information content (AvgIpc) is 3.37. The van der Waals surface area contributed by atoms with E-state index in [0.717, 1.165) is 33.5 Å². The molecule has 0 aliphatic heterocycles. The highest BCUT2D eigenvalue weighted by Gasteiger charge is 2.24. The number of thiazole rings is 1. The largest absolute Gasteiger partial charge is 0.495 e. The zero-order chi connectivity index (χ0) is 19.9. The summed E-state index contributed by atoms with van der Waals surface area (Å²) in [6, 6.07) is 5.46. The Kier molecular flexibility index (Phi) is 7.75. The molecule has 0 spiro atoms. The lowest BCUT2D eigenvalue weighted by Gasteiger charge is -2.26. The minimum Gasteiger partial charge on any atom is -0.495 e. The Balaban J connectivity index is 1.78. The first kappa shape index (κ1) is 21.1. The summed E-state index contributed by atoms with van der Waals surface area (Å²) in [5.41, 5.74) is 0.788. The number of rotatable bonds is 8. The van der Waals surface area contributed by atoms with Crippen molar-refractivity contribution in [1.82, 2.24) is 4.98 Å². The summed E-state index contributed by atoms with van der Waals surface area (Å²) in [5.74, 6) is 1.56. The molecule has 1 saturated carbocycles. The van der Waals surface area contributed by atoms with E-state index in [1.54, 1.807) is 18.2 Å². The number of halogens is 1. The van der Waals surface area contributed by atoms with E-state index in [-0.39, 0.29) is 6.03 Å². The number of benzene rings is 1. The maximum Gasteiger partial charge on any atom is 0.328 e. The third-order valence-corrected chi connectivity index (χ3v) is 7.26. The Labute approximate surface area is 181 Å². The van der Waals surface area contributed by atoms with Crippen molar-refractivity contribution < 1.29 is 14.3 Å². The summed E-state index contributed by atoms with van der Waals surface area (Å²) in [6.07, 6.45) is 7.24. The third kappa shape index (κ3) is 5.48. The van der Waals surface area contributed by atoms with E-state index < -0.39 is 0 Å². The summed E-state index contributed by atoms with van der Waals surface area (Å²) in [6.45, 7) is 0.661. The number of aromatic nitrogens is 1. The Hall–Kier alpha value is -1.58. The zero-order valence-electron chi connectivity index (χ0n) is 15.5. The van der Waals surface area contributed by atoms with Gasteiger partial charge in [-0.2, -0.15) is 0 Å². The summed E-state index contributed by atoms with van der Waals surface area (Å²) >= 11 is 6.24. The van der Waals surface area contributed by atoms with E-state index in [1.165, 1.54) is 35.9 Å². The van der Waals surface area contributed by atoms with Crippen molar-refractivity contribution >= 4 is 62.2 Å². The standard InChI is InChI=1S/C19H22BrN3O3S2/c1-26-16-10-14(6-7-15(16)20)23(12-13-4-2-3-5-13)19(25)22-18-21-11-17(28-18)27-9-8-24/h6-8,10-11,13H,2-5,9,12H2,1H3,(H,21,22,25). The quantitative estimate of drug-likeness (QED) is 0.400. The fourth-order valence-corrected chi connectivity index (χ4v) is 5.22. The highest BCUT2D eigenvalue weighted by atomic mass is 79.9. The van der Waals surface area contributed by atoms with Crippen LogP contribution in [0.25, 0.3) is 0 Å². The second-order valence-corrected chi connectivity index (χ2v) is 9.68. The first-order valence-corrected chi connectivity index (χ1v) is 11.6. The zero-order valence-corrected chi connectivity index (χ0v) is 18.7. The minimum atomic E-state index is -0.211. The van der Waals surface area contributed by atoms with Crippen LogP contribution in [0.2, 0.25) is 0 Å². The molecule has 3 rings (SSSR count). The second-order valence-electron chi connectivity index (χ2n) is 6.47. The molecule has 1 aliphatic rings. The third-order valence-electron chi connectivity index (χ3n) is 4.60. The van der Waals surface area contributed by atoms with Gasteiger partial charge in [0.15, 0.2) is 5.13 Å². The number of carbonyl (C=O) groups excluding carboxylic acids is 2. The molecule has 1 N–H and O–H groups in total. The van der Waals surface area contributed by atoms with E-state index in [1.807, 2.05) is 18.2 Å². The summed E-state index contributed by atoms with van der Waals surface area (Å²) in [5, 5.41) is 3.43. The molecule has 0 bridgehead atoms. The smallest absolute Gasteiger partial charge is 0.328 e. The van der Waals surface area contributed by atoms with Crippen LogP contribution in [0.5, 0.6) is 5.75 Å². The molecule has 28 heavy (non-hydrogen) atoms. The number of amides is 2. The number of hydrogen-bond acceptors (Lipinski definition) is 6. The number of thioether (sulfide) groups is 1. The van der Waals surface area contributed by atoms with Crippen molar-refractivity contribution in [3.8, 4) is 5.75 Å². The van der Waals surface area contributed by atoms with Gasteiger partial charge in [0.1, 0.15) is 12.0 Å². The topological polar surface area (TPSA) is 71.5 Å². The van der Waals surface area contributed by atoms with Gasteiger partial charge in [0, 0.05) is 18.3 Å². The van der Waals surface area contributed by atoms with Crippen LogP contribution in [-0.2, 0) is 4.79 Å². The van der Waals surface area contributed by atoms with Gasteiger partial charge in [-0.3, -0.25) is 10.2 Å². The molecular weight excluding hydrogens is 462 g/mol. The number of hydrogen-bond donors (Lipinski definition) is 1.